The highest BCUT2D eigenvalue weighted by Gasteiger charge is 2.11. The van der Waals surface area contributed by atoms with Crippen LogP contribution >= 0.6 is 11.6 Å². The molecule has 1 aromatic carbocycles. The zero-order chi connectivity index (χ0) is 14.0. The topological polar surface area (TPSA) is 75.1 Å². The van der Waals surface area contributed by atoms with Crippen LogP contribution in [0.5, 0.6) is 0 Å². The van der Waals surface area contributed by atoms with E-state index in [1.165, 1.54) is 6.07 Å². The van der Waals surface area contributed by atoms with Crippen LogP contribution in [0.25, 0.3) is 0 Å². The van der Waals surface area contributed by atoms with Crippen molar-refractivity contribution in [2.45, 2.75) is 13.8 Å². The number of carbonyl (C=O) groups is 1. The lowest BCUT2D eigenvalue weighted by Crippen LogP contribution is -2.06. The van der Waals surface area contributed by atoms with E-state index in [-0.39, 0.29) is 5.56 Å². The molecule has 0 radical (unpaired) electrons. The molecular weight excluding hydrogens is 266 g/mol. The molecule has 0 bridgehead atoms. The summed E-state index contributed by atoms with van der Waals surface area (Å²) in [6.07, 6.45) is 0. The van der Waals surface area contributed by atoms with Crippen molar-refractivity contribution in [2.24, 2.45) is 0 Å². The number of benzene rings is 1. The number of anilines is 2. The van der Waals surface area contributed by atoms with E-state index in [9.17, 15) is 4.79 Å². The van der Waals surface area contributed by atoms with Gasteiger partial charge in [-0.2, -0.15) is 0 Å². The van der Waals surface area contributed by atoms with Crippen molar-refractivity contribution in [3.63, 3.8) is 0 Å². The molecule has 2 aromatic rings. The lowest BCUT2D eigenvalue weighted by Gasteiger charge is -2.10. The predicted molar refractivity (Wildman–Crippen MR) is 73.2 cm³/mol. The fourth-order valence-corrected chi connectivity index (χ4v) is 1.74. The second kappa shape index (κ2) is 5.24. The Kier molecular flexibility index (Phi) is 3.66. The van der Waals surface area contributed by atoms with Crippen molar-refractivity contribution in [1.82, 2.24) is 9.97 Å². The summed E-state index contributed by atoms with van der Waals surface area (Å²) in [5.74, 6) is -0.682. The van der Waals surface area contributed by atoms with Gasteiger partial charge in [0.25, 0.3) is 0 Å². The van der Waals surface area contributed by atoms with Gasteiger partial charge in [0.1, 0.15) is 0 Å². The Hall–Kier alpha value is -2.14. The van der Waals surface area contributed by atoms with Crippen LogP contribution in [0.1, 0.15) is 21.7 Å². The number of para-hydroxylation sites is 1. The molecule has 98 valence electrons. The molecule has 0 atom stereocenters. The number of carboxylic acid groups (broad SMARTS) is 1. The molecule has 2 N–H and O–H groups in total. The lowest BCUT2D eigenvalue weighted by molar-refractivity contribution is 0.0698. The van der Waals surface area contributed by atoms with Gasteiger partial charge in [0.05, 0.1) is 27.7 Å². The van der Waals surface area contributed by atoms with Gasteiger partial charge >= 0.3 is 5.97 Å². The number of nitrogens with zero attached hydrogens (tertiary/aromatic N) is 2. The minimum Gasteiger partial charge on any atom is -0.478 e. The maximum Gasteiger partial charge on any atom is 0.337 e. The molecule has 1 heterocycles. The number of aryl methyl sites for hydroxylation is 2. The third-order valence-electron chi connectivity index (χ3n) is 2.59. The summed E-state index contributed by atoms with van der Waals surface area (Å²) in [6.45, 7) is 3.54. The van der Waals surface area contributed by atoms with Crippen molar-refractivity contribution in [2.75, 3.05) is 5.32 Å². The Morgan fingerprint density at radius 1 is 1.21 bits per heavy atom. The molecule has 19 heavy (non-hydrogen) atoms. The second-order valence-electron chi connectivity index (χ2n) is 4.01. The summed E-state index contributed by atoms with van der Waals surface area (Å²) in [4.78, 5) is 19.5. The molecule has 0 spiro atoms. The molecule has 0 unspecified atom stereocenters. The zero-order valence-corrected chi connectivity index (χ0v) is 11.2. The molecule has 1 aromatic heterocycles. The fraction of sp³-hybridized carbons (Fsp3) is 0.154. The normalized spacial score (nSPS) is 10.3. The Morgan fingerprint density at radius 2 is 1.79 bits per heavy atom. The average molecular weight is 278 g/mol. The first kappa shape index (κ1) is 13.3. The van der Waals surface area contributed by atoms with E-state index in [4.69, 9.17) is 16.7 Å². The molecule has 0 aliphatic carbocycles. The first-order valence-electron chi connectivity index (χ1n) is 5.59. The SMILES string of the molecule is Cc1nc(Nc2ccccc2C(=O)O)nc(C)c1Cl. The van der Waals surface area contributed by atoms with Crippen LogP contribution in [-0.4, -0.2) is 21.0 Å². The minimum absolute atomic E-state index is 0.163. The van der Waals surface area contributed by atoms with Gasteiger partial charge < -0.3 is 10.4 Å². The van der Waals surface area contributed by atoms with Crippen LogP contribution < -0.4 is 5.32 Å². The molecule has 6 heteroatoms. The quantitative estimate of drug-likeness (QED) is 0.901. The molecule has 0 aliphatic rings. The number of aromatic carboxylic acids is 1. The summed E-state index contributed by atoms with van der Waals surface area (Å²) < 4.78 is 0. The van der Waals surface area contributed by atoms with E-state index in [2.05, 4.69) is 15.3 Å². The third kappa shape index (κ3) is 2.82. The van der Waals surface area contributed by atoms with Gasteiger partial charge in [-0.25, -0.2) is 14.8 Å². The van der Waals surface area contributed by atoms with Crippen LogP contribution in [0.15, 0.2) is 24.3 Å². The smallest absolute Gasteiger partial charge is 0.337 e. The second-order valence-corrected chi connectivity index (χ2v) is 4.39. The summed E-state index contributed by atoms with van der Waals surface area (Å²) in [5.41, 5.74) is 1.89. The summed E-state index contributed by atoms with van der Waals surface area (Å²) in [5, 5.41) is 12.5. The number of aromatic nitrogens is 2. The van der Waals surface area contributed by atoms with E-state index >= 15 is 0 Å². The average Bonchev–Trinajstić information content (AvgIpc) is 2.36. The summed E-state index contributed by atoms with van der Waals surface area (Å²) >= 11 is 5.99. The van der Waals surface area contributed by atoms with E-state index in [0.717, 1.165) is 0 Å². The molecule has 2 rings (SSSR count). The first-order valence-corrected chi connectivity index (χ1v) is 5.97. The fourth-order valence-electron chi connectivity index (χ4n) is 1.66. The molecule has 0 aliphatic heterocycles. The van der Waals surface area contributed by atoms with Crippen LogP contribution in [0.3, 0.4) is 0 Å². The number of rotatable bonds is 3. The Morgan fingerprint density at radius 3 is 2.37 bits per heavy atom. The Bertz CT molecular complexity index is 621. The van der Waals surface area contributed by atoms with Crippen LogP contribution in [0.2, 0.25) is 5.02 Å². The Labute approximate surface area is 115 Å². The number of carboxylic acids is 1. The maximum absolute atomic E-state index is 11.1. The van der Waals surface area contributed by atoms with Gasteiger partial charge in [-0.05, 0) is 26.0 Å². The molecular formula is C13H12ClN3O2. The number of hydrogen-bond acceptors (Lipinski definition) is 4. The van der Waals surface area contributed by atoms with Crippen molar-refractivity contribution in [3.05, 3.63) is 46.2 Å². The number of hydrogen-bond donors (Lipinski definition) is 2. The molecule has 0 fully saturated rings. The van der Waals surface area contributed by atoms with E-state index in [1.54, 1.807) is 32.0 Å². The van der Waals surface area contributed by atoms with Gasteiger partial charge in [0.15, 0.2) is 0 Å². The van der Waals surface area contributed by atoms with Gasteiger partial charge in [0.2, 0.25) is 5.95 Å². The molecule has 0 saturated carbocycles. The van der Waals surface area contributed by atoms with Gasteiger partial charge in [-0.15, -0.1) is 0 Å². The molecule has 0 saturated heterocycles. The van der Waals surface area contributed by atoms with Crippen LogP contribution in [0.4, 0.5) is 11.6 Å². The highest BCUT2D eigenvalue weighted by atomic mass is 35.5. The number of nitrogens with one attached hydrogen (secondary N) is 1. The maximum atomic E-state index is 11.1. The zero-order valence-electron chi connectivity index (χ0n) is 10.4. The van der Waals surface area contributed by atoms with E-state index in [1.807, 2.05) is 0 Å². The van der Waals surface area contributed by atoms with Crippen LogP contribution in [-0.2, 0) is 0 Å². The molecule has 5 nitrogen and oxygen atoms in total. The van der Waals surface area contributed by atoms with Crippen molar-refractivity contribution in [1.29, 1.82) is 0 Å². The lowest BCUT2D eigenvalue weighted by atomic mass is 10.2. The van der Waals surface area contributed by atoms with Gasteiger partial charge in [-0.3, -0.25) is 0 Å². The summed E-state index contributed by atoms with van der Waals surface area (Å²) in [7, 11) is 0. The highest BCUT2D eigenvalue weighted by Crippen LogP contribution is 2.22. The minimum atomic E-state index is -1.01. The monoisotopic (exact) mass is 277 g/mol. The summed E-state index contributed by atoms with van der Waals surface area (Å²) in [6, 6.07) is 6.57. The number of halogens is 1. The predicted octanol–water partition coefficient (Wildman–Crippen LogP) is 3.19. The standard InChI is InChI=1S/C13H12ClN3O2/c1-7-11(14)8(2)16-13(15-7)17-10-6-4-3-5-9(10)12(18)19/h3-6H,1-2H3,(H,18,19)(H,15,16,17). The van der Waals surface area contributed by atoms with Crippen molar-refractivity contribution in [3.8, 4) is 0 Å². The largest absolute Gasteiger partial charge is 0.478 e. The third-order valence-corrected chi connectivity index (χ3v) is 3.13. The van der Waals surface area contributed by atoms with Gasteiger partial charge in [-0.1, -0.05) is 23.7 Å². The van der Waals surface area contributed by atoms with Gasteiger partial charge in [0, 0.05) is 0 Å². The molecule has 0 amide bonds. The first-order chi connectivity index (χ1) is 8.99. The van der Waals surface area contributed by atoms with Crippen molar-refractivity contribution >= 4 is 29.2 Å². The van der Waals surface area contributed by atoms with Crippen LogP contribution in [0, 0.1) is 13.8 Å². The van der Waals surface area contributed by atoms with E-state index < -0.39 is 5.97 Å². The van der Waals surface area contributed by atoms with Crippen molar-refractivity contribution < 1.29 is 9.90 Å². The van der Waals surface area contributed by atoms with E-state index in [0.29, 0.717) is 28.0 Å². The Balaban J connectivity index is 2.39. The highest BCUT2D eigenvalue weighted by molar-refractivity contribution is 6.31.